The molecule has 1 amide bonds. The average Bonchev–Trinajstić information content (AvgIpc) is 2.64. The molecule has 0 bridgehead atoms. The van der Waals surface area contributed by atoms with Crippen molar-refractivity contribution in [1.82, 2.24) is 9.88 Å². The van der Waals surface area contributed by atoms with E-state index in [2.05, 4.69) is 11.6 Å². The second-order valence-corrected chi connectivity index (χ2v) is 3.97. The highest BCUT2D eigenvalue weighted by molar-refractivity contribution is 7.09. The summed E-state index contributed by atoms with van der Waals surface area (Å²) in [7, 11) is 1.47. The summed E-state index contributed by atoms with van der Waals surface area (Å²) in [6.07, 6.45) is -3.34. The van der Waals surface area contributed by atoms with E-state index in [0.717, 1.165) is 22.8 Å². The first-order valence-corrected chi connectivity index (χ1v) is 5.11. The van der Waals surface area contributed by atoms with Gasteiger partial charge in [-0.05, 0) is 6.08 Å². The molecule has 0 saturated heterocycles. The normalized spacial score (nSPS) is 11.2. The molecule has 0 aliphatic carbocycles. The fourth-order valence-electron chi connectivity index (χ4n) is 0.950. The van der Waals surface area contributed by atoms with Gasteiger partial charge in [0.2, 0.25) is 5.91 Å². The Kier molecular flexibility index (Phi) is 3.69. The Hall–Kier alpha value is -1.37. The van der Waals surface area contributed by atoms with Crippen LogP contribution in [0, 0.1) is 0 Å². The third-order valence-corrected chi connectivity index (χ3v) is 2.60. The zero-order chi connectivity index (χ0) is 12.3. The molecule has 0 unspecified atom stereocenters. The number of carbonyl (C=O) groups excluding carboxylic acids is 1. The minimum atomic E-state index is -4.43. The minimum absolute atomic E-state index is 0.0472. The Labute approximate surface area is 94.2 Å². The number of aromatic nitrogens is 1. The highest BCUT2D eigenvalue weighted by Crippen LogP contribution is 2.30. The van der Waals surface area contributed by atoms with Crippen LogP contribution in [0.15, 0.2) is 18.0 Å². The van der Waals surface area contributed by atoms with Crippen molar-refractivity contribution in [2.75, 3.05) is 7.05 Å². The fraction of sp³-hybridized carbons (Fsp3) is 0.333. The Morgan fingerprint density at radius 3 is 2.75 bits per heavy atom. The lowest BCUT2D eigenvalue weighted by Gasteiger charge is -2.12. The van der Waals surface area contributed by atoms with Gasteiger partial charge in [0.1, 0.15) is 5.01 Å². The van der Waals surface area contributed by atoms with Crippen molar-refractivity contribution >= 4 is 17.2 Å². The van der Waals surface area contributed by atoms with Crippen LogP contribution in [-0.4, -0.2) is 22.8 Å². The van der Waals surface area contributed by atoms with Crippen LogP contribution >= 0.6 is 11.3 Å². The van der Waals surface area contributed by atoms with E-state index in [0.29, 0.717) is 0 Å². The molecule has 88 valence electrons. The fourth-order valence-corrected chi connectivity index (χ4v) is 1.80. The summed E-state index contributed by atoms with van der Waals surface area (Å²) >= 11 is 0.873. The smallest absolute Gasteiger partial charge is 0.335 e. The molecule has 1 aromatic rings. The summed E-state index contributed by atoms with van der Waals surface area (Å²) in [5, 5.41) is 1.17. The standard InChI is InChI=1S/C9H9F3N2OS/c1-3-8(15)14(2)4-7-13-6(5-16-7)9(10,11)12/h3,5H,1,4H2,2H3. The summed E-state index contributed by atoms with van der Waals surface area (Å²) in [6, 6.07) is 0. The van der Waals surface area contributed by atoms with Gasteiger partial charge >= 0.3 is 6.18 Å². The molecule has 7 heteroatoms. The minimum Gasteiger partial charge on any atom is -0.335 e. The van der Waals surface area contributed by atoms with Crippen LogP contribution < -0.4 is 0 Å². The lowest BCUT2D eigenvalue weighted by molar-refractivity contribution is -0.140. The van der Waals surface area contributed by atoms with E-state index in [9.17, 15) is 18.0 Å². The van der Waals surface area contributed by atoms with Crippen LogP contribution in [0.3, 0.4) is 0 Å². The lowest BCUT2D eigenvalue weighted by atomic mass is 10.4. The number of hydrogen-bond donors (Lipinski definition) is 0. The van der Waals surface area contributed by atoms with E-state index in [1.807, 2.05) is 0 Å². The second-order valence-electron chi connectivity index (χ2n) is 3.02. The maximum absolute atomic E-state index is 12.2. The van der Waals surface area contributed by atoms with Gasteiger partial charge in [-0.15, -0.1) is 11.3 Å². The van der Waals surface area contributed by atoms with Crippen molar-refractivity contribution in [3.8, 4) is 0 Å². The molecule has 0 spiro atoms. The number of halogens is 3. The van der Waals surface area contributed by atoms with Crippen LogP contribution in [0.5, 0.6) is 0 Å². The first-order chi connectivity index (χ1) is 7.34. The van der Waals surface area contributed by atoms with Gasteiger partial charge in [0.05, 0.1) is 6.54 Å². The van der Waals surface area contributed by atoms with Gasteiger partial charge in [0.25, 0.3) is 0 Å². The predicted octanol–water partition coefficient (Wildman–Crippen LogP) is 2.31. The topological polar surface area (TPSA) is 33.2 Å². The summed E-state index contributed by atoms with van der Waals surface area (Å²) in [4.78, 5) is 15.7. The molecule has 16 heavy (non-hydrogen) atoms. The van der Waals surface area contributed by atoms with Crippen molar-refractivity contribution in [2.24, 2.45) is 0 Å². The van der Waals surface area contributed by atoms with Crippen molar-refractivity contribution in [3.05, 3.63) is 28.7 Å². The van der Waals surface area contributed by atoms with Gasteiger partial charge in [-0.2, -0.15) is 13.2 Å². The molecule has 0 atom stereocenters. The van der Waals surface area contributed by atoms with Crippen LogP contribution in [0.4, 0.5) is 13.2 Å². The van der Waals surface area contributed by atoms with E-state index in [-0.39, 0.29) is 17.5 Å². The molecule has 1 rings (SSSR count). The molecular formula is C9H9F3N2OS. The molecule has 0 aliphatic rings. The molecule has 1 aromatic heterocycles. The van der Waals surface area contributed by atoms with Crippen molar-refractivity contribution in [3.63, 3.8) is 0 Å². The Morgan fingerprint density at radius 1 is 1.69 bits per heavy atom. The van der Waals surface area contributed by atoms with Gasteiger partial charge in [-0.25, -0.2) is 4.98 Å². The molecule has 0 aromatic carbocycles. The summed E-state index contributed by atoms with van der Waals surface area (Å²) in [5.74, 6) is -0.358. The lowest BCUT2D eigenvalue weighted by Crippen LogP contribution is -2.23. The Balaban J connectivity index is 2.73. The predicted molar refractivity (Wildman–Crippen MR) is 53.8 cm³/mol. The number of carbonyl (C=O) groups is 1. The number of nitrogens with zero attached hydrogens (tertiary/aromatic N) is 2. The monoisotopic (exact) mass is 250 g/mol. The van der Waals surface area contributed by atoms with Gasteiger partial charge in [0, 0.05) is 12.4 Å². The molecule has 3 nitrogen and oxygen atoms in total. The van der Waals surface area contributed by atoms with E-state index >= 15 is 0 Å². The number of hydrogen-bond acceptors (Lipinski definition) is 3. The number of amides is 1. The summed E-state index contributed by atoms with van der Waals surface area (Å²) < 4.78 is 36.6. The van der Waals surface area contributed by atoms with Crippen LogP contribution in [0.1, 0.15) is 10.7 Å². The van der Waals surface area contributed by atoms with Gasteiger partial charge in [-0.1, -0.05) is 6.58 Å². The summed E-state index contributed by atoms with van der Waals surface area (Å²) in [6.45, 7) is 3.33. The van der Waals surface area contributed by atoms with Crippen molar-refractivity contribution in [2.45, 2.75) is 12.7 Å². The van der Waals surface area contributed by atoms with Crippen LogP contribution in [0.25, 0.3) is 0 Å². The van der Waals surface area contributed by atoms with E-state index in [4.69, 9.17) is 0 Å². The van der Waals surface area contributed by atoms with Crippen molar-refractivity contribution < 1.29 is 18.0 Å². The number of likely N-dealkylation sites (N-methyl/N-ethyl adjacent to an activating group) is 1. The van der Waals surface area contributed by atoms with E-state index < -0.39 is 11.9 Å². The molecule has 1 heterocycles. The first-order valence-electron chi connectivity index (χ1n) is 4.23. The quantitative estimate of drug-likeness (QED) is 0.771. The van der Waals surface area contributed by atoms with Gasteiger partial charge in [0.15, 0.2) is 5.69 Å². The number of alkyl halides is 3. The van der Waals surface area contributed by atoms with Crippen LogP contribution in [0.2, 0.25) is 0 Å². The highest BCUT2D eigenvalue weighted by Gasteiger charge is 2.33. The Bertz CT molecular complexity index is 400. The highest BCUT2D eigenvalue weighted by atomic mass is 32.1. The average molecular weight is 250 g/mol. The first kappa shape index (κ1) is 12.7. The summed E-state index contributed by atoms with van der Waals surface area (Å²) in [5.41, 5.74) is -0.924. The van der Waals surface area contributed by atoms with Gasteiger partial charge in [-0.3, -0.25) is 4.79 Å². The Morgan fingerprint density at radius 2 is 2.31 bits per heavy atom. The van der Waals surface area contributed by atoms with Crippen LogP contribution in [-0.2, 0) is 17.5 Å². The second kappa shape index (κ2) is 4.65. The number of rotatable bonds is 3. The zero-order valence-electron chi connectivity index (χ0n) is 8.41. The molecule has 0 fully saturated rings. The largest absolute Gasteiger partial charge is 0.434 e. The van der Waals surface area contributed by atoms with E-state index in [1.54, 1.807) is 0 Å². The third kappa shape index (κ3) is 3.06. The SMILES string of the molecule is C=CC(=O)N(C)Cc1nc(C(F)(F)F)cs1. The third-order valence-electron chi connectivity index (χ3n) is 1.77. The maximum Gasteiger partial charge on any atom is 0.434 e. The molecule has 0 radical (unpaired) electrons. The maximum atomic E-state index is 12.2. The zero-order valence-corrected chi connectivity index (χ0v) is 9.23. The van der Waals surface area contributed by atoms with Gasteiger partial charge < -0.3 is 4.90 Å². The van der Waals surface area contributed by atoms with Crippen molar-refractivity contribution in [1.29, 1.82) is 0 Å². The molecule has 0 saturated carbocycles. The molecule has 0 N–H and O–H groups in total. The van der Waals surface area contributed by atoms with E-state index in [1.165, 1.54) is 11.9 Å². The molecular weight excluding hydrogens is 241 g/mol. The number of thiazole rings is 1. The molecule has 0 aliphatic heterocycles.